The smallest absolute Gasteiger partial charge is 0.255 e. The second-order valence-corrected chi connectivity index (χ2v) is 7.34. The van der Waals surface area contributed by atoms with E-state index in [1.54, 1.807) is 24.9 Å². The molecule has 0 unspecified atom stereocenters. The molecule has 1 heterocycles. The number of rotatable bonds is 8. The minimum Gasteiger partial charge on any atom is -0.497 e. The Bertz CT molecular complexity index is 965. The quantitative estimate of drug-likeness (QED) is 0.614. The summed E-state index contributed by atoms with van der Waals surface area (Å²) >= 11 is 0. The highest BCUT2D eigenvalue weighted by molar-refractivity contribution is 5.99. The van der Waals surface area contributed by atoms with Crippen molar-refractivity contribution >= 4 is 5.91 Å². The average Bonchev–Trinajstić information content (AvgIpc) is 3.16. The summed E-state index contributed by atoms with van der Waals surface area (Å²) in [7, 11) is 1.60. The van der Waals surface area contributed by atoms with Crippen LogP contribution in [0.2, 0.25) is 0 Å². The summed E-state index contributed by atoms with van der Waals surface area (Å²) in [4.78, 5) is 12.9. The van der Waals surface area contributed by atoms with Crippen LogP contribution in [0, 0.1) is 0 Å². The highest BCUT2D eigenvalue weighted by Gasteiger charge is 2.22. The van der Waals surface area contributed by atoms with Crippen molar-refractivity contribution in [3.8, 4) is 17.0 Å². The molecule has 0 saturated heterocycles. The van der Waals surface area contributed by atoms with E-state index in [1.807, 2.05) is 61.5 Å². The van der Waals surface area contributed by atoms with Crippen molar-refractivity contribution in [1.82, 2.24) is 15.1 Å². The summed E-state index contributed by atoms with van der Waals surface area (Å²) in [5, 5.41) is 17.7. The van der Waals surface area contributed by atoms with Crippen molar-refractivity contribution in [2.75, 3.05) is 13.7 Å². The van der Waals surface area contributed by atoms with E-state index >= 15 is 0 Å². The molecule has 0 saturated carbocycles. The molecular formula is C23H27N3O3. The van der Waals surface area contributed by atoms with Gasteiger partial charge in [-0.05, 0) is 31.0 Å². The summed E-state index contributed by atoms with van der Waals surface area (Å²) in [6, 6.07) is 17.4. The van der Waals surface area contributed by atoms with E-state index in [4.69, 9.17) is 4.74 Å². The minimum absolute atomic E-state index is 0.170. The van der Waals surface area contributed by atoms with Gasteiger partial charge in [0.15, 0.2) is 0 Å². The number of aromatic nitrogens is 2. The molecule has 0 aliphatic rings. The van der Waals surface area contributed by atoms with Gasteiger partial charge in [0.05, 0.1) is 24.8 Å². The van der Waals surface area contributed by atoms with E-state index in [9.17, 15) is 9.90 Å². The first-order valence-electron chi connectivity index (χ1n) is 9.68. The van der Waals surface area contributed by atoms with Crippen LogP contribution in [0.5, 0.6) is 5.75 Å². The lowest BCUT2D eigenvalue weighted by atomic mass is 10.0. The fourth-order valence-corrected chi connectivity index (χ4v) is 2.91. The molecule has 0 bridgehead atoms. The molecule has 1 amide bonds. The Morgan fingerprint density at radius 2 is 1.97 bits per heavy atom. The number of nitrogens with one attached hydrogen (secondary N) is 1. The lowest BCUT2D eigenvalue weighted by Gasteiger charge is -2.21. The zero-order chi connectivity index (χ0) is 20.9. The molecule has 0 aliphatic carbocycles. The third kappa shape index (κ3) is 5.23. The van der Waals surface area contributed by atoms with E-state index in [-0.39, 0.29) is 12.5 Å². The Morgan fingerprint density at radius 3 is 2.66 bits per heavy atom. The van der Waals surface area contributed by atoms with Crippen LogP contribution in [-0.2, 0) is 6.54 Å². The summed E-state index contributed by atoms with van der Waals surface area (Å²) in [6.45, 7) is 4.31. The van der Waals surface area contributed by atoms with Gasteiger partial charge in [0, 0.05) is 18.3 Å². The van der Waals surface area contributed by atoms with Crippen molar-refractivity contribution in [2.45, 2.75) is 32.4 Å². The van der Waals surface area contributed by atoms with Crippen LogP contribution in [0.4, 0.5) is 0 Å². The van der Waals surface area contributed by atoms with Crippen LogP contribution < -0.4 is 10.1 Å². The Hall–Kier alpha value is -3.12. The summed E-state index contributed by atoms with van der Waals surface area (Å²) in [5.41, 5.74) is 1.97. The number of amides is 1. The van der Waals surface area contributed by atoms with Gasteiger partial charge in [-0.1, -0.05) is 49.4 Å². The monoisotopic (exact) mass is 393 g/mol. The van der Waals surface area contributed by atoms with Crippen molar-refractivity contribution in [2.24, 2.45) is 0 Å². The van der Waals surface area contributed by atoms with Gasteiger partial charge in [0.1, 0.15) is 11.4 Å². The molecule has 6 heteroatoms. The molecule has 2 aromatic carbocycles. The molecule has 29 heavy (non-hydrogen) atoms. The highest BCUT2D eigenvalue weighted by atomic mass is 16.5. The van der Waals surface area contributed by atoms with E-state index < -0.39 is 5.60 Å². The van der Waals surface area contributed by atoms with Crippen molar-refractivity contribution in [3.63, 3.8) is 0 Å². The largest absolute Gasteiger partial charge is 0.497 e. The molecule has 1 aromatic heterocycles. The lowest BCUT2D eigenvalue weighted by Crippen LogP contribution is -2.40. The first kappa shape index (κ1) is 20.6. The number of carbonyl (C=O) groups is 1. The first-order valence-corrected chi connectivity index (χ1v) is 9.68. The maximum absolute atomic E-state index is 12.9. The number of hydrogen-bond donors (Lipinski definition) is 2. The van der Waals surface area contributed by atoms with Gasteiger partial charge in [0.25, 0.3) is 5.91 Å². The first-order chi connectivity index (χ1) is 13.9. The third-order valence-electron chi connectivity index (χ3n) is 4.93. The van der Waals surface area contributed by atoms with Crippen LogP contribution in [0.1, 0.15) is 36.2 Å². The molecule has 3 rings (SSSR count). The average molecular weight is 393 g/mol. The van der Waals surface area contributed by atoms with Crippen LogP contribution in [0.15, 0.2) is 60.8 Å². The summed E-state index contributed by atoms with van der Waals surface area (Å²) in [5.74, 6) is 0.427. The summed E-state index contributed by atoms with van der Waals surface area (Å²) in [6.07, 6.45) is 2.29. The number of benzene rings is 2. The van der Waals surface area contributed by atoms with E-state index in [0.29, 0.717) is 30.0 Å². The van der Waals surface area contributed by atoms with Gasteiger partial charge in [0.2, 0.25) is 0 Å². The standard InChI is InChI=1S/C23H27N3O3/c1-4-23(2,28)16-24-22(27)20-15-26(14-17-9-6-5-7-10-17)25-21(20)18-11-8-12-19(13-18)29-3/h5-13,15,28H,4,14,16H2,1-3H3,(H,24,27)/t23-/m0/s1. The van der Waals surface area contributed by atoms with Crippen LogP contribution >= 0.6 is 0 Å². The molecule has 0 aliphatic heterocycles. The highest BCUT2D eigenvalue weighted by Crippen LogP contribution is 2.26. The van der Waals surface area contributed by atoms with Crippen molar-refractivity contribution in [3.05, 3.63) is 71.9 Å². The third-order valence-corrected chi connectivity index (χ3v) is 4.93. The predicted molar refractivity (Wildman–Crippen MR) is 113 cm³/mol. The second kappa shape index (κ2) is 8.92. The Morgan fingerprint density at radius 1 is 1.21 bits per heavy atom. The van der Waals surface area contributed by atoms with Gasteiger partial charge in [-0.25, -0.2) is 0 Å². The molecule has 6 nitrogen and oxygen atoms in total. The number of methoxy groups -OCH3 is 1. The fourth-order valence-electron chi connectivity index (χ4n) is 2.91. The molecule has 2 N–H and O–H groups in total. The number of ether oxygens (including phenoxy) is 1. The maximum atomic E-state index is 12.9. The second-order valence-electron chi connectivity index (χ2n) is 7.34. The van der Waals surface area contributed by atoms with Gasteiger partial charge in [-0.2, -0.15) is 5.10 Å². The fraction of sp³-hybridized carbons (Fsp3) is 0.304. The normalized spacial score (nSPS) is 13.0. The zero-order valence-electron chi connectivity index (χ0n) is 17.1. The minimum atomic E-state index is -0.953. The molecule has 1 atom stereocenters. The maximum Gasteiger partial charge on any atom is 0.255 e. The SMILES string of the molecule is CC[C@](C)(O)CNC(=O)c1cn(Cc2ccccc2)nc1-c1cccc(OC)c1. The zero-order valence-corrected chi connectivity index (χ0v) is 17.1. The molecular weight excluding hydrogens is 366 g/mol. The number of nitrogens with zero attached hydrogens (tertiary/aromatic N) is 2. The van der Waals surface area contributed by atoms with Crippen molar-refractivity contribution < 1.29 is 14.6 Å². The molecule has 3 aromatic rings. The topological polar surface area (TPSA) is 76.4 Å². The molecule has 152 valence electrons. The van der Waals surface area contributed by atoms with Gasteiger partial charge < -0.3 is 15.2 Å². The number of aliphatic hydroxyl groups is 1. The van der Waals surface area contributed by atoms with Gasteiger partial charge in [-0.3, -0.25) is 9.48 Å². The van der Waals surface area contributed by atoms with Gasteiger partial charge >= 0.3 is 0 Å². The summed E-state index contributed by atoms with van der Waals surface area (Å²) < 4.78 is 7.08. The molecule has 0 fully saturated rings. The van der Waals surface area contributed by atoms with Crippen LogP contribution in [0.25, 0.3) is 11.3 Å². The Labute approximate surface area is 171 Å². The van der Waals surface area contributed by atoms with Crippen molar-refractivity contribution in [1.29, 1.82) is 0 Å². The van der Waals surface area contributed by atoms with Gasteiger partial charge in [-0.15, -0.1) is 0 Å². The van der Waals surface area contributed by atoms with E-state index in [1.165, 1.54) is 0 Å². The van der Waals surface area contributed by atoms with Crippen LogP contribution in [0.3, 0.4) is 0 Å². The van der Waals surface area contributed by atoms with E-state index in [2.05, 4.69) is 10.4 Å². The Kier molecular flexibility index (Phi) is 6.34. The number of hydrogen-bond acceptors (Lipinski definition) is 4. The molecule has 0 radical (unpaired) electrons. The Balaban J connectivity index is 1.94. The molecule has 0 spiro atoms. The van der Waals surface area contributed by atoms with E-state index in [0.717, 1.165) is 11.1 Å². The number of carbonyl (C=O) groups excluding carboxylic acids is 1. The lowest BCUT2D eigenvalue weighted by molar-refractivity contribution is 0.0518. The van der Waals surface area contributed by atoms with Crippen LogP contribution in [-0.4, -0.2) is 40.0 Å². The predicted octanol–water partition coefficient (Wildman–Crippen LogP) is 3.50.